The third kappa shape index (κ3) is 27.1. The summed E-state index contributed by atoms with van der Waals surface area (Å²) < 4.78 is 864. The topological polar surface area (TPSA) is 252 Å². The Labute approximate surface area is 986 Å². The van der Waals surface area contributed by atoms with Gasteiger partial charge in [0.15, 0.2) is 69.0 Å². The molecule has 12 aliphatic rings. The summed E-state index contributed by atoms with van der Waals surface area (Å²) in [7, 11) is 0.469. The maximum Gasteiger partial charge on any atom is 0.161 e. The van der Waals surface area contributed by atoms with Gasteiger partial charge in [-0.15, -0.1) is 0 Å². The summed E-state index contributed by atoms with van der Waals surface area (Å²) in [5, 5.41) is 68.7. The molecule has 24 heteroatoms. The van der Waals surface area contributed by atoms with Gasteiger partial charge in [0.25, 0.3) is 0 Å². The fraction of sp³-hybridized carbons (Fsp3) is 0.695. The van der Waals surface area contributed by atoms with Crippen molar-refractivity contribution >= 4 is 0 Å². The number of hydrogen-bond acceptors (Lipinski definition) is 24. The molecule has 0 bridgehead atoms. The molecule has 0 radical (unpaired) electrons. The van der Waals surface area contributed by atoms with Crippen molar-refractivity contribution in [3.8, 4) is 69.0 Å². The monoisotopic (exact) mass is 2070 g/mol. The van der Waals surface area contributed by atoms with E-state index >= 15 is 0 Å². The summed E-state index contributed by atoms with van der Waals surface area (Å²) in [6, 6.07) is -27.5. The van der Waals surface area contributed by atoms with Crippen LogP contribution in [0.15, 0.2) is 72.5 Å². The van der Waals surface area contributed by atoms with Crippen LogP contribution in [0.3, 0.4) is 0 Å². The molecule has 6 aromatic carbocycles. The van der Waals surface area contributed by atoms with Crippen molar-refractivity contribution in [3.63, 3.8) is 0 Å². The van der Waals surface area contributed by atoms with Gasteiger partial charge in [0.2, 0.25) is 0 Å². The molecule has 24 nitrogen and oxygen atoms in total. The fourth-order valence-electron chi connectivity index (χ4n) is 15.8. The maximum atomic E-state index is 11.6. The van der Waals surface area contributed by atoms with Gasteiger partial charge in [-0.3, -0.25) is 29.4 Å². The molecule has 18 unspecified atom stereocenters. The SMILES string of the molecule is [2H]c1c2c(c([2H])c(OC([2H])([2H])[2H])c1OC)C1([2H])N(CC2)C([2H])([2H])C([2H])(C([2H])([2H])C(C)(C([2H])([2H])[2H])C([2H])([2H])[2H])C([2H])(O)C1([2H])[2H].[2H]c1c2c(c([2H])c(OC([2H])([2H])[2H])c1OC)C1([2H])N(CC2)C([2H])([2H])C([2H])(C([2H])([2H])C(C)(C([2H])([2H])[2H])C([2H])([2H])[2H])C([2H])(O)C1([2H])[2H].[2H]c1c2c(c([2H])c(OC([2H])([2H])[2H])c1OC)C1([2H])N(CC2)C([2H])([2H])C([2H])(CC(C)C)C([2H])(O)C1([2H])[2H].[2H]c1c2c(c([2H])c(OC)c1OC)C1([2H])N(CC2)C([2H])([2H])C([2H])(C([2H])([2H])C(C)(C([2H])([2H])[2H])C([2H])([2H])[2H])C([2H])(O)C1([2H])[2H].[2H]c1c2c(c([2H])c(OC)c1OC)C1([2H])N(CC2)C([2H])([2H])C([2H])(C([2H])([2H])C(C)(C([2H])([2H])[2H])C([2H])([2H])[2H])C([2H])(O)C1([2H])[2H].[2H]c1c2c(c([2H])c(OC)c1OC)C1([2H])N(CC2)C([2H])([2H])C([2H])(CC(C)C)C([2H])(O)C1([2H])[2H]. The van der Waals surface area contributed by atoms with Crippen LogP contribution in [0.1, 0.15) is 420 Å². The molecule has 6 N–H and O–H groups in total. The normalized spacial score (nSPS) is 52.1. The highest BCUT2D eigenvalue weighted by atomic mass is 16.5. The van der Waals surface area contributed by atoms with Crippen molar-refractivity contribution in [1.29, 1.82) is 0 Å². The van der Waals surface area contributed by atoms with Crippen LogP contribution in [-0.4, -0.2) is 260 Å². The van der Waals surface area contributed by atoms with Crippen molar-refractivity contribution in [1.82, 2.24) is 29.4 Å². The number of rotatable bonds is 20. The van der Waals surface area contributed by atoms with E-state index in [2.05, 4.69) is 0 Å². The smallest absolute Gasteiger partial charge is 0.161 e. The number of benzene rings is 6. The highest BCUT2D eigenvalue weighted by Gasteiger charge is 2.48. The molecule has 0 amide bonds. The van der Waals surface area contributed by atoms with Crippen molar-refractivity contribution in [2.45, 2.75) is 298 Å². The molecule has 0 saturated carbocycles. The Kier molecular flexibility index (Phi) is 13.9. The van der Waals surface area contributed by atoms with Crippen LogP contribution in [0.5, 0.6) is 69.0 Å². The van der Waals surface area contributed by atoms with Gasteiger partial charge in [-0.2, -0.15) is 0 Å². The molecule has 142 heavy (non-hydrogen) atoms. The molecule has 18 rings (SSSR count). The van der Waals surface area contributed by atoms with Gasteiger partial charge in [-0.1, -0.05) is 110 Å². The zero-order valence-electron chi connectivity index (χ0n) is 176. The second kappa shape index (κ2) is 48.2. The Morgan fingerprint density at radius 2 is 0.437 bits per heavy atom. The van der Waals surface area contributed by atoms with Gasteiger partial charge in [0.05, 0.1) is 167 Å². The van der Waals surface area contributed by atoms with Crippen LogP contribution >= 0.6 is 0 Å². The third-order valence-electron chi connectivity index (χ3n) is 22.0. The quantitative estimate of drug-likeness (QED) is 0.0415. The molecule has 6 saturated heterocycles. The minimum atomic E-state index is -4.52. The first-order valence-corrected chi connectivity index (χ1v) is 44.1. The van der Waals surface area contributed by atoms with Gasteiger partial charge in [-0.05, 0) is 323 Å². The lowest BCUT2D eigenvalue weighted by Crippen LogP contribution is -2.48. The number of piperidine rings is 6. The largest absolute Gasteiger partial charge is 0.493 e. The molecule has 6 fully saturated rings. The molecule has 18 atom stereocenters. The average Bonchev–Trinajstić information content (AvgIpc) is 0.641. The second-order valence-electron chi connectivity index (χ2n) is 34.4. The van der Waals surface area contributed by atoms with Crippen LogP contribution in [-0.2, 0) is 38.5 Å². The molecule has 0 aliphatic carbocycles. The average molecular weight is 2070 g/mol. The second-order valence-corrected chi connectivity index (χ2v) is 34.4. The van der Waals surface area contributed by atoms with Crippen LogP contribution < -0.4 is 56.8 Å². The Morgan fingerprint density at radius 3 is 0.592 bits per heavy atom. The fourth-order valence-corrected chi connectivity index (χ4v) is 15.8. The Balaban J connectivity index is 0.000000225. The summed E-state index contributed by atoms with van der Waals surface area (Å²) >= 11 is 0. The molecule has 12 heterocycles. The van der Waals surface area contributed by atoms with E-state index in [1.807, 2.05) is 0 Å². The predicted octanol–water partition coefficient (Wildman–Crippen LogP) is 19.7. The highest BCUT2D eigenvalue weighted by molar-refractivity contribution is 5.55. The lowest BCUT2D eigenvalue weighted by atomic mass is 9.75. The van der Waals surface area contributed by atoms with E-state index in [9.17, 15) is 38.9 Å². The molecule has 12 aliphatic heterocycles. The van der Waals surface area contributed by atoms with E-state index in [1.165, 1.54) is 14.2 Å². The minimum absolute atomic E-state index is 0.00912. The van der Waals surface area contributed by atoms with E-state index in [-0.39, 0.29) is 139 Å². The predicted molar refractivity (Wildman–Crippen MR) is 565 cm³/mol. The van der Waals surface area contributed by atoms with Crippen molar-refractivity contribution in [3.05, 3.63) is 139 Å². The molecular formula is C118H182N6O18. The first-order chi connectivity index (χ1) is 105. The number of hydrogen-bond donors (Lipinski definition) is 6. The Hall–Kier alpha value is -7.56. The minimum Gasteiger partial charge on any atom is -0.493 e. The van der Waals surface area contributed by atoms with Crippen LogP contribution in [0, 0.1) is 68.9 Å². The third-order valence-corrected chi connectivity index (χ3v) is 22.0. The van der Waals surface area contributed by atoms with Gasteiger partial charge in [0.1, 0.15) is 0 Å². The molecule has 792 valence electrons. The zero-order valence-corrected chi connectivity index (χ0v) is 80.8. The number of aliphatic hydroxyl groups is 6. The number of nitrogens with zero attached hydrogens (tertiary/aromatic N) is 6. The van der Waals surface area contributed by atoms with Gasteiger partial charge >= 0.3 is 0 Å². The summed E-state index contributed by atoms with van der Waals surface area (Å²) in [6.45, 7) is -47.7. The number of methoxy groups -OCH3 is 12. The van der Waals surface area contributed by atoms with Crippen molar-refractivity contribution in [2.75, 3.05) is 163 Å². The first kappa shape index (κ1) is 41.1. The molecule has 0 spiro atoms. The summed E-state index contributed by atoms with van der Waals surface area (Å²) in [5.74, 6) is -29.5. The van der Waals surface area contributed by atoms with Crippen LogP contribution in [0.25, 0.3) is 0 Å². The lowest BCUT2D eigenvalue weighted by Gasteiger charge is -2.47. The number of fused-ring (bicyclic) bond motifs is 18. The van der Waals surface area contributed by atoms with E-state index < -0.39 is 500 Å². The standard InChI is InChI=1S/4C20H31NO3.2C19H29NO3/c4*1-20(2,3)11-14-12-21-7-6-13-8-18(23-4)19(24-5)9-15(13)16(21)10-17(14)22;2*1-12(2)7-14-11-20-6-5-13-8-18(22-3)19(23-4)9-15(13)16(20)10-17(14)21/h4*8-9,14,16-17,22H,6-7,10-12H2,1-5H3;2*8-9,12,14,16-17,21H,5-7,10-11H2,1-4H3/i2*1D3,2D3,5D3,8D,9D,10D2,11D2,12D2,14D,16D,17D;2*1D3,2D3,8D,9D,10D2,11D2,12D2,14D,16D,17D;4D3,8D,9D,10D2,11D2,14D,16D,17D;8D,9D,10D2,11D2,14D,16D,17D. The van der Waals surface area contributed by atoms with E-state index in [0.717, 1.165) is 54.7 Å². The number of ether oxygens (including phenoxy) is 12. The zero-order chi connectivity index (χ0) is 186. The highest BCUT2D eigenvalue weighted by Crippen LogP contribution is 2.53. The van der Waals surface area contributed by atoms with Crippen LogP contribution in [0.2, 0.25) is 0 Å². The summed E-state index contributed by atoms with van der Waals surface area (Å²) in [5.41, 5.74) is -20.2. The Morgan fingerprint density at radius 1 is 0.282 bits per heavy atom. The van der Waals surface area contributed by atoms with Gasteiger partial charge < -0.3 is 87.5 Å². The van der Waals surface area contributed by atoms with Crippen molar-refractivity contribution < 1.29 is 218 Å². The van der Waals surface area contributed by atoms with E-state index in [1.54, 1.807) is 27.7 Å². The summed E-state index contributed by atoms with van der Waals surface area (Å²) in [4.78, 5) is 2.38. The van der Waals surface area contributed by atoms with Crippen molar-refractivity contribution in [2.24, 2.45) is 68.9 Å². The maximum absolute atomic E-state index is 11.6. The van der Waals surface area contributed by atoms with Gasteiger partial charge in [-0.25, -0.2) is 0 Å². The Bertz CT molecular complexity index is 9490. The van der Waals surface area contributed by atoms with E-state index in [0.29, 0.717) is 32.6 Å². The molecule has 6 aromatic rings. The first-order valence-electron chi connectivity index (χ1n) is 91.6. The van der Waals surface area contributed by atoms with Gasteiger partial charge in [0, 0.05) is 199 Å². The molecular weight excluding hydrogens is 1790 g/mol. The van der Waals surface area contributed by atoms with E-state index in [4.69, 9.17) is 179 Å². The molecule has 0 aromatic heterocycles. The van der Waals surface area contributed by atoms with Crippen LogP contribution in [0.4, 0.5) is 0 Å². The lowest BCUT2D eigenvalue weighted by molar-refractivity contribution is -0.0259. The summed E-state index contributed by atoms with van der Waals surface area (Å²) in [6.07, 6.45) is -67.1.